The normalized spacial score (nSPS) is 13.1. The van der Waals surface area contributed by atoms with E-state index in [0.717, 1.165) is 18.2 Å². The molecule has 1 unspecified atom stereocenters. The highest BCUT2D eigenvalue weighted by Gasteiger charge is 2.38. The van der Waals surface area contributed by atoms with Crippen LogP contribution in [-0.4, -0.2) is 24.7 Å². The topological polar surface area (TPSA) is 26.3 Å². The first-order chi connectivity index (χ1) is 8.77. The van der Waals surface area contributed by atoms with E-state index in [1.54, 1.807) is 0 Å². The maximum absolute atomic E-state index is 13.2. The van der Waals surface area contributed by atoms with Crippen molar-refractivity contribution in [3.8, 4) is 0 Å². The van der Waals surface area contributed by atoms with Gasteiger partial charge in [-0.2, -0.15) is 13.2 Å². The lowest BCUT2D eigenvalue weighted by atomic mass is 10.1. The average molecular weight is 280 g/mol. The Hall–Kier alpha value is -1.76. The van der Waals surface area contributed by atoms with Gasteiger partial charge in [-0.3, -0.25) is 4.79 Å². The number of carbonyl (C=O) groups excluding carboxylic acids is 1. The number of hydrogen-bond donors (Lipinski definition) is 0. The number of carbonyl (C=O) groups is 1. The molecule has 0 aliphatic heterocycles. The van der Waals surface area contributed by atoms with E-state index in [4.69, 9.17) is 0 Å². The van der Waals surface area contributed by atoms with Gasteiger partial charge in [-0.15, -0.1) is 6.58 Å². The monoisotopic (exact) mass is 280 g/mol. The third kappa shape index (κ3) is 3.85. The second-order valence-corrected chi connectivity index (χ2v) is 3.53. The van der Waals surface area contributed by atoms with Crippen LogP contribution in [0.1, 0.15) is 10.4 Å². The van der Waals surface area contributed by atoms with Crippen LogP contribution < -0.4 is 0 Å². The lowest BCUT2D eigenvalue weighted by Gasteiger charge is -2.16. The van der Waals surface area contributed by atoms with Gasteiger partial charge in [-0.25, -0.2) is 8.78 Å². The Morgan fingerprint density at radius 2 is 2.00 bits per heavy atom. The predicted molar refractivity (Wildman–Crippen MR) is 56.7 cm³/mol. The molecule has 7 heteroatoms. The van der Waals surface area contributed by atoms with Gasteiger partial charge in [0.05, 0.1) is 5.56 Å². The van der Waals surface area contributed by atoms with Gasteiger partial charge >= 0.3 is 6.18 Å². The molecule has 0 saturated carbocycles. The summed E-state index contributed by atoms with van der Waals surface area (Å²) in [6, 6.07) is 2.82. The molecule has 0 heterocycles. The van der Waals surface area contributed by atoms with Gasteiger partial charge < -0.3 is 4.74 Å². The van der Waals surface area contributed by atoms with E-state index >= 15 is 0 Å². The predicted octanol–water partition coefficient (Wildman–Crippen LogP) is 3.28. The molecular weight excluding hydrogens is 271 g/mol. The van der Waals surface area contributed by atoms with Gasteiger partial charge in [0.15, 0.2) is 23.5 Å². The minimum atomic E-state index is -4.72. The second-order valence-electron chi connectivity index (χ2n) is 3.53. The Bertz CT molecular complexity index is 481. The highest BCUT2D eigenvalue weighted by molar-refractivity contribution is 5.97. The number of benzene rings is 1. The fraction of sp³-hybridized carbons (Fsp3) is 0.250. The number of ether oxygens (including phenoxy) is 1. The van der Waals surface area contributed by atoms with Crippen molar-refractivity contribution in [2.24, 2.45) is 0 Å². The van der Waals surface area contributed by atoms with Gasteiger partial charge in [0.25, 0.3) is 0 Å². The summed E-state index contributed by atoms with van der Waals surface area (Å²) in [5.74, 6) is -3.77. The van der Waals surface area contributed by atoms with Crippen molar-refractivity contribution >= 4 is 5.78 Å². The summed E-state index contributed by atoms with van der Waals surface area (Å²) >= 11 is 0. The van der Waals surface area contributed by atoms with Crippen molar-refractivity contribution in [1.82, 2.24) is 0 Å². The molecule has 19 heavy (non-hydrogen) atoms. The molecule has 1 rings (SSSR count). The summed E-state index contributed by atoms with van der Waals surface area (Å²) < 4.78 is 67.1. The maximum atomic E-state index is 13.2. The number of hydrogen-bond acceptors (Lipinski definition) is 2. The molecule has 0 aromatic heterocycles. The van der Waals surface area contributed by atoms with Crippen molar-refractivity contribution in [2.45, 2.75) is 12.3 Å². The summed E-state index contributed by atoms with van der Waals surface area (Å²) in [4.78, 5) is 11.4. The van der Waals surface area contributed by atoms with E-state index in [1.807, 2.05) is 0 Å². The second kappa shape index (κ2) is 5.92. The van der Waals surface area contributed by atoms with Crippen LogP contribution in [0.25, 0.3) is 0 Å². The van der Waals surface area contributed by atoms with Crippen LogP contribution in [0.2, 0.25) is 0 Å². The number of ketones is 1. The van der Waals surface area contributed by atoms with Gasteiger partial charge in [0.1, 0.15) is 6.61 Å². The van der Waals surface area contributed by atoms with Gasteiger partial charge in [-0.1, -0.05) is 12.1 Å². The molecule has 104 valence electrons. The lowest BCUT2D eigenvalue weighted by Crippen LogP contribution is -2.31. The zero-order valence-corrected chi connectivity index (χ0v) is 9.51. The molecule has 0 radical (unpaired) electrons. The van der Waals surface area contributed by atoms with E-state index < -0.39 is 41.9 Å². The first kappa shape index (κ1) is 15.3. The van der Waals surface area contributed by atoms with Crippen LogP contribution in [-0.2, 0) is 4.74 Å². The molecule has 0 spiro atoms. The minimum absolute atomic E-state index is 0.467. The largest absolute Gasteiger partial charge is 0.418 e. The number of halogens is 5. The Labute approximate surface area is 105 Å². The standard InChI is InChI=1S/C12H9F5O2/c1-2-10(12(15,16)17)19-6-9(18)7-4-3-5-8(13)11(7)14/h2-5,10H,1,6H2. The fourth-order valence-corrected chi connectivity index (χ4v) is 1.26. The highest BCUT2D eigenvalue weighted by Crippen LogP contribution is 2.24. The molecule has 0 N–H and O–H groups in total. The fourth-order valence-electron chi connectivity index (χ4n) is 1.26. The van der Waals surface area contributed by atoms with Crippen LogP contribution in [0.5, 0.6) is 0 Å². The smallest absolute Gasteiger partial charge is 0.357 e. The molecule has 1 aromatic carbocycles. The Balaban J connectivity index is 2.76. The van der Waals surface area contributed by atoms with Crippen molar-refractivity contribution in [3.05, 3.63) is 48.1 Å². The van der Waals surface area contributed by atoms with Crippen LogP contribution in [0.15, 0.2) is 30.9 Å². The number of Topliss-reactive ketones (excluding diaryl/α,β-unsaturated/α-hetero) is 1. The highest BCUT2D eigenvalue weighted by atomic mass is 19.4. The first-order valence-corrected chi connectivity index (χ1v) is 5.05. The number of rotatable bonds is 5. The number of alkyl halides is 3. The summed E-state index contributed by atoms with van der Waals surface area (Å²) in [7, 11) is 0. The molecule has 0 fully saturated rings. The maximum Gasteiger partial charge on any atom is 0.418 e. The Morgan fingerprint density at radius 3 is 2.53 bits per heavy atom. The average Bonchev–Trinajstić information content (AvgIpc) is 2.31. The van der Waals surface area contributed by atoms with Crippen LogP contribution in [0.4, 0.5) is 22.0 Å². The first-order valence-electron chi connectivity index (χ1n) is 5.05. The lowest BCUT2D eigenvalue weighted by molar-refractivity contribution is -0.200. The van der Waals surface area contributed by atoms with Crippen molar-refractivity contribution in [1.29, 1.82) is 0 Å². The Kier molecular flexibility index (Phi) is 4.77. The molecule has 1 atom stereocenters. The van der Waals surface area contributed by atoms with Crippen LogP contribution in [0.3, 0.4) is 0 Å². The zero-order chi connectivity index (χ0) is 14.6. The molecule has 0 bridgehead atoms. The van der Waals surface area contributed by atoms with E-state index in [2.05, 4.69) is 11.3 Å². The van der Waals surface area contributed by atoms with Gasteiger partial charge in [0.2, 0.25) is 0 Å². The van der Waals surface area contributed by atoms with Crippen molar-refractivity contribution < 1.29 is 31.5 Å². The van der Waals surface area contributed by atoms with E-state index in [1.165, 1.54) is 0 Å². The molecule has 0 saturated heterocycles. The van der Waals surface area contributed by atoms with Crippen molar-refractivity contribution in [2.75, 3.05) is 6.61 Å². The summed E-state index contributed by atoms with van der Waals surface area (Å²) in [5, 5.41) is 0. The Morgan fingerprint density at radius 1 is 1.37 bits per heavy atom. The molecule has 2 nitrogen and oxygen atoms in total. The molecule has 0 aliphatic rings. The minimum Gasteiger partial charge on any atom is -0.357 e. The summed E-state index contributed by atoms with van der Waals surface area (Å²) in [5.41, 5.74) is -0.662. The molecule has 0 aliphatic carbocycles. The molecular formula is C12H9F5O2. The summed E-state index contributed by atoms with van der Waals surface area (Å²) in [6.45, 7) is 1.89. The van der Waals surface area contributed by atoms with Crippen LogP contribution >= 0.6 is 0 Å². The quantitative estimate of drug-likeness (QED) is 0.470. The molecule has 1 aromatic rings. The zero-order valence-electron chi connectivity index (χ0n) is 9.51. The van der Waals surface area contributed by atoms with E-state index in [-0.39, 0.29) is 0 Å². The third-order valence-electron chi connectivity index (χ3n) is 2.18. The van der Waals surface area contributed by atoms with Gasteiger partial charge in [-0.05, 0) is 12.1 Å². The van der Waals surface area contributed by atoms with Crippen molar-refractivity contribution in [3.63, 3.8) is 0 Å². The van der Waals surface area contributed by atoms with Gasteiger partial charge in [0, 0.05) is 0 Å². The SMILES string of the molecule is C=CC(OCC(=O)c1cccc(F)c1F)C(F)(F)F. The molecule has 0 amide bonds. The third-order valence-corrected chi connectivity index (χ3v) is 2.18. The van der Waals surface area contributed by atoms with E-state index in [0.29, 0.717) is 6.08 Å². The summed E-state index contributed by atoms with van der Waals surface area (Å²) in [6.07, 6.45) is -6.59. The van der Waals surface area contributed by atoms with Crippen LogP contribution in [0, 0.1) is 11.6 Å². The van der Waals surface area contributed by atoms with E-state index in [9.17, 15) is 26.7 Å².